The molecule has 128 valence electrons. The summed E-state index contributed by atoms with van der Waals surface area (Å²) < 4.78 is 7.26. The van der Waals surface area contributed by atoms with Gasteiger partial charge in [-0.2, -0.15) is 4.98 Å². The van der Waals surface area contributed by atoms with Gasteiger partial charge >= 0.3 is 0 Å². The van der Waals surface area contributed by atoms with Crippen LogP contribution in [0.1, 0.15) is 35.2 Å². The summed E-state index contributed by atoms with van der Waals surface area (Å²) in [6, 6.07) is 16.8. The Kier molecular flexibility index (Phi) is 3.80. The highest BCUT2D eigenvalue weighted by atomic mass is 16.5. The summed E-state index contributed by atoms with van der Waals surface area (Å²) in [5.41, 5.74) is 9.45. The number of aryl methyl sites for hydroxylation is 1. The van der Waals surface area contributed by atoms with Gasteiger partial charge in [0.25, 0.3) is 0 Å². The van der Waals surface area contributed by atoms with Gasteiger partial charge in [-0.1, -0.05) is 42.0 Å². The second kappa shape index (κ2) is 6.12. The Morgan fingerprint density at radius 1 is 1.16 bits per heavy atom. The fourth-order valence-corrected chi connectivity index (χ4v) is 3.43. The Morgan fingerprint density at radius 2 is 1.96 bits per heavy atom. The Labute approximate surface area is 146 Å². The van der Waals surface area contributed by atoms with Crippen LogP contribution in [-0.2, 0) is 0 Å². The van der Waals surface area contributed by atoms with Crippen LogP contribution in [0.2, 0.25) is 0 Å². The van der Waals surface area contributed by atoms with Crippen LogP contribution in [0.25, 0.3) is 0 Å². The lowest BCUT2D eigenvalue weighted by Crippen LogP contribution is -2.28. The molecule has 0 saturated heterocycles. The first kappa shape index (κ1) is 15.5. The molecule has 1 aromatic heterocycles. The molecular weight excluding hydrogens is 314 g/mol. The standard InChI is InChI=1S/C19H21N5O/c1-12-5-3-7-14(9-12)17-11-16(13-6-4-8-15(10-13)25-2)21-19-22-18(20)23-24(17)19/h3-10,16-17H,11H2,1-2H3,(H3,20,21,22,23)/t16-,17-/m1/s1. The van der Waals surface area contributed by atoms with E-state index in [0.717, 1.165) is 17.7 Å². The molecule has 6 heteroatoms. The van der Waals surface area contributed by atoms with E-state index in [2.05, 4.69) is 58.7 Å². The molecule has 2 heterocycles. The molecule has 1 aliphatic heterocycles. The number of nitrogens with one attached hydrogen (secondary N) is 1. The maximum absolute atomic E-state index is 5.86. The molecule has 0 aliphatic carbocycles. The third-order valence-electron chi connectivity index (χ3n) is 4.63. The van der Waals surface area contributed by atoms with Crippen molar-refractivity contribution in [2.75, 3.05) is 18.2 Å². The molecule has 0 fully saturated rings. The molecule has 0 unspecified atom stereocenters. The molecule has 1 aliphatic rings. The van der Waals surface area contributed by atoms with Crippen molar-refractivity contribution in [3.8, 4) is 5.75 Å². The van der Waals surface area contributed by atoms with Gasteiger partial charge in [0.1, 0.15) is 5.75 Å². The van der Waals surface area contributed by atoms with Crippen molar-refractivity contribution in [3.63, 3.8) is 0 Å². The third-order valence-corrected chi connectivity index (χ3v) is 4.63. The zero-order chi connectivity index (χ0) is 17.4. The van der Waals surface area contributed by atoms with E-state index in [-0.39, 0.29) is 18.0 Å². The zero-order valence-electron chi connectivity index (χ0n) is 14.3. The number of nitrogens with two attached hydrogens (primary N) is 1. The summed E-state index contributed by atoms with van der Waals surface area (Å²) in [5.74, 6) is 1.83. The van der Waals surface area contributed by atoms with Crippen LogP contribution in [0.5, 0.6) is 5.75 Å². The number of methoxy groups -OCH3 is 1. The first-order valence-corrected chi connectivity index (χ1v) is 8.33. The lowest BCUT2D eigenvalue weighted by Gasteiger charge is -2.32. The minimum atomic E-state index is 0.0807. The molecule has 0 spiro atoms. The van der Waals surface area contributed by atoms with E-state index >= 15 is 0 Å². The molecule has 3 N–H and O–H groups in total. The normalized spacial score (nSPS) is 19.1. The van der Waals surface area contributed by atoms with Crippen LogP contribution in [0.4, 0.5) is 11.9 Å². The summed E-state index contributed by atoms with van der Waals surface area (Å²) >= 11 is 0. The highest BCUT2D eigenvalue weighted by molar-refractivity contribution is 5.43. The van der Waals surface area contributed by atoms with Crippen LogP contribution in [0, 0.1) is 6.92 Å². The maximum atomic E-state index is 5.86. The number of hydrogen-bond donors (Lipinski definition) is 2. The number of rotatable bonds is 3. The van der Waals surface area contributed by atoms with Gasteiger partial charge in [-0.15, -0.1) is 5.10 Å². The van der Waals surface area contributed by atoms with E-state index in [1.165, 1.54) is 11.1 Å². The van der Waals surface area contributed by atoms with Crippen molar-refractivity contribution < 1.29 is 4.74 Å². The van der Waals surface area contributed by atoms with Gasteiger partial charge in [0.2, 0.25) is 11.9 Å². The number of hydrogen-bond acceptors (Lipinski definition) is 5. The van der Waals surface area contributed by atoms with Crippen molar-refractivity contribution in [1.82, 2.24) is 14.8 Å². The summed E-state index contributed by atoms with van der Waals surface area (Å²) in [6.45, 7) is 2.10. The highest BCUT2D eigenvalue weighted by Gasteiger charge is 2.31. The van der Waals surface area contributed by atoms with E-state index in [4.69, 9.17) is 10.5 Å². The predicted octanol–water partition coefficient (Wildman–Crippen LogP) is 3.32. The van der Waals surface area contributed by atoms with Gasteiger partial charge in [-0.05, 0) is 36.6 Å². The predicted molar refractivity (Wildman–Crippen MR) is 97.7 cm³/mol. The Hall–Kier alpha value is -3.02. The number of ether oxygens (including phenoxy) is 1. The summed E-state index contributed by atoms with van der Waals surface area (Å²) in [7, 11) is 1.68. The number of nitrogen functional groups attached to an aromatic ring is 1. The molecule has 0 bridgehead atoms. The molecule has 0 radical (unpaired) electrons. The Balaban J connectivity index is 1.76. The Morgan fingerprint density at radius 3 is 2.76 bits per heavy atom. The van der Waals surface area contributed by atoms with E-state index in [0.29, 0.717) is 5.95 Å². The van der Waals surface area contributed by atoms with Crippen molar-refractivity contribution in [2.45, 2.75) is 25.4 Å². The van der Waals surface area contributed by atoms with E-state index in [1.807, 2.05) is 16.8 Å². The first-order valence-electron chi connectivity index (χ1n) is 8.33. The second-order valence-electron chi connectivity index (χ2n) is 6.38. The third kappa shape index (κ3) is 2.91. The van der Waals surface area contributed by atoms with Crippen LogP contribution < -0.4 is 15.8 Å². The van der Waals surface area contributed by atoms with Crippen molar-refractivity contribution in [2.24, 2.45) is 0 Å². The van der Waals surface area contributed by atoms with Crippen LogP contribution in [0.3, 0.4) is 0 Å². The molecule has 25 heavy (non-hydrogen) atoms. The summed E-state index contributed by atoms with van der Waals surface area (Å²) in [5, 5.41) is 7.85. The van der Waals surface area contributed by atoms with E-state index < -0.39 is 0 Å². The van der Waals surface area contributed by atoms with Crippen LogP contribution in [-0.4, -0.2) is 21.9 Å². The maximum Gasteiger partial charge on any atom is 0.241 e. The largest absolute Gasteiger partial charge is 0.497 e. The molecule has 6 nitrogen and oxygen atoms in total. The lowest BCUT2D eigenvalue weighted by molar-refractivity contribution is 0.410. The average Bonchev–Trinajstić information content (AvgIpc) is 3.01. The van der Waals surface area contributed by atoms with Gasteiger partial charge in [0.15, 0.2) is 0 Å². The Bertz CT molecular complexity index is 904. The highest BCUT2D eigenvalue weighted by Crippen LogP contribution is 2.38. The first-order chi connectivity index (χ1) is 12.1. The molecular formula is C19H21N5O. The number of fused-ring (bicyclic) bond motifs is 1. The number of anilines is 2. The molecule has 4 rings (SSSR count). The number of benzene rings is 2. The quantitative estimate of drug-likeness (QED) is 0.768. The van der Waals surface area contributed by atoms with Crippen LogP contribution >= 0.6 is 0 Å². The molecule has 2 atom stereocenters. The minimum absolute atomic E-state index is 0.0807. The lowest BCUT2D eigenvalue weighted by atomic mass is 9.92. The smallest absolute Gasteiger partial charge is 0.241 e. The van der Waals surface area contributed by atoms with Gasteiger partial charge in [-0.25, -0.2) is 4.68 Å². The van der Waals surface area contributed by atoms with Crippen LogP contribution in [0.15, 0.2) is 48.5 Å². The average molecular weight is 335 g/mol. The molecule has 3 aromatic rings. The monoisotopic (exact) mass is 335 g/mol. The molecule has 2 aromatic carbocycles. The summed E-state index contributed by atoms with van der Waals surface area (Å²) in [4.78, 5) is 4.35. The van der Waals surface area contributed by atoms with Crippen molar-refractivity contribution in [1.29, 1.82) is 0 Å². The fourth-order valence-electron chi connectivity index (χ4n) is 3.43. The molecule has 0 amide bonds. The van der Waals surface area contributed by atoms with Gasteiger partial charge in [-0.3, -0.25) is 0 Å². The van der Waals surface area contributed by atoms with Gasteiger partial charge in [0.05, 0.1) is 19.2 Å². The molecule has 0 saturated carbocycles. The zero-order valence-corrected chi connectivity index (χ0v) is 14.3. The number of aromatic nitrogens is 3. The van der Waals surface area contributed by atoms with E-state index in [1.54, 1.807) is 7.11 Å². The SMILES string of the molecule is COc1cccc([C@H]2C[C@H](c3cccc(C)c3)n3nc(N)nc3N2)c1. The van der Waals surface area contributed by atoms with Gasteiger partial charge in [0, 0.05) is 0 Å². The minimum Gasteiger partial charge on any atom is -0.497 e. The number of nitrogens with zero attached hydrogens (tertiary/aromatic N) is 3. The summed E-state index contributed by atoms with van der Waals surface area (Å²) in [6.07, 6.45) is 0.854. The van der Waals surface area contributed by atoms with Crippen molar-refractivity contribution >= 4 is 11.9 Å². The second-order valence-corrected chi connectivity index (χ2v) is 6.38. The van der Waals surface area contributed by atoms with Gasteiger partial charge < -0.3 is 15.8 Å². The van der Waals surface area contributed by atoms with Crippen molar-refractivity contribution in [3.05, 3.63) is 65.2 Å². The fraction of sp³-hybridized carbons (Fsp3) is 0.263. The topological polar surface area (TPSA) is 78.0 Å². The van der Waals surface area contributed by atoms with E-state index in [9.17, 15) is 0 Å².